The van der Waals surface area contributed by atoms with Gasteiger partial charge in [0.15, 0.2) is 0 Å². The second-order valence-electron chi connectivity index (χ2n) is 2.29. The molecule has 1 heterocycles. The maximum atomic E-state index is 10.4. The zero-order valence-corrected chi connectivity index (χ0v) is 6.65. The van der Waals surface area contributed by atoms with E-state index in [0.29, 0.717) is 5.69 Å². The molecule has 0 saturated heterocycles. The SMILES string of the molecule is CC(=O)OCc1ccc(O)cn1. The minimum absolute atomic E-state index is 0.0987. The van der Waals surface area contributed by atoms with E-state index in [-0.39, 0.29) is 18.3 Å². The van der Waals surface area contributed by atoms with Crippen LogP contribution in [-0.2, 0) is 16.1 Å². The number of aromatic nitrogens is 1. The molecule has 0 radical (unpaired) electrons. The van der Waals surface area contributed by atoms with Crippen molar-refractivity contribution in [3.63, 3.8) is 0 Å². The van der Waals surface area contributed by atoms with Crippen LogP contribution in [0.4, 0.5) is 0 Å². The Bertz CT molecular complexity index is 268. The van der Waals surface area contributed by atoms with Crippen LogP contribution < -0.4 is 0 Å². The Kier molecular flexibility index (Phi) is 2.63. The summed E-state index contributed by atoms with van der Waals surface area (Å²) in [5.74, 6) is -0.244. The Balaban J connectivity index is 2.53. The average Bonchev–Trinajstić information content (AvgIpc) is 2.03. The van der Waals surface area contributed by atoms with Gasteiger partial charge in [0.1, 0.15) is 12.4 Å². The van der Waals surface area contributed by atoms with Crippen LogP contribution in [0.2, 0.25) is 0 Å². The van der Waals surface area contributed by atoms with Crippen molar-refractivity contribution in [2.24, 2.45) is 0 Å². The van der Waals surface area contributed by atoms with Crippen LogP contribution in [0.3, 0.4) is 0 Å². The molecule has 0 unspecified atom stereocenters. The van der Waals surface area contributed by atoms with Gasteiger partial charge < -0.3 is 9.84 Å². The summed E-state index contributed by atoms with van der Waals surface area (Å²) in [6, 6.07) is 3.09. The molecule has 0 fully saturated rings. The highest BCUT2D eigenvalue weighted by Crippen LogP contribution is 2.06. The van der Waals surface area contributed by atoms with Crippen molar-refractivity contribution in [1.29, 1.82) is 0 Å². The number of hydrogen-bond donors (Lipinski definition) is 1. The van der Waals surface area contributed by atoms with Crippen LogP contribution in [0.1, 0.15) is 12.6 Å². The van der Waals surface area contributed by atoms with E-state index in [1.54, 1.807) is 6.07 Å². The monoisotopic (exact) mass is 167 g/mol. The first kappa shape index (κ1) is 8.52. The Hall–Kier alpha value is -1.58. The van der Waals surface area contributed by atoms with Gasteiger partial charge in [0, 0.05) is 6.92 Å². The number of pyridine rings is 1. The normalized spacial score (nSPS) is 9.42. The van der Waals surface area contributed by atoms with E-state index in [1.165, 1.54) is 19.2 Å². The first-order valence-corrected chi connectivity index (χ1v) is 3.46. The van der Waals surface area contributed by atoms with Gasteiger partial charge in [-0.15, -0.1) is 0 Å². The number of aromatic hydroxyl groups is 1. The number of ether oxygens (including phenoxy) is 1. The zero-order valence-electron chi connectivity index (χ0n) is 6.65. The van der Waals surface area contributed by atoms with Crippen molar-refractivity contribution in [3.05, 3.63) is 24.0 Å². The van der Waals surface area contributed by atoms with Gasteiger partial charge in [0.05, 0.1) is 11.9 Å². The predicted molar refractivity (Wildman–Crippen MR) is 41.4 cm³/mol. The summed E-state index contributed by atoms with van der Waals surface area (Å²) in [6.45, 7) is 1.48. The summed E-state index contributed by atoms with van der Waals surface area (Å²) in [5.41, 5.74) is 0.614. The molecule has 1 rings (SSSR count). The molecule has 1 aromatic heterocycles. The van der Waals surface area contributed by atoms with Crippen molar-refractivity contribution in [2.75, 3.05) is 0 Å². The Morgan fingerprint density at radius 3 is 2.92 bits per heavy atom. The van der Waals surface area contributed by atoms with Crippen LogP contribution in [-0.4, -0.2) is 16.1 Å². The van der Waals surface area contributed by atoms with Gasteiger partial charge in [-0.1, -0.05) is 0 Å². The third kappa shape index (κ3) is 2.57. The smallest absolute Gasteiger partial charge is 0.303 e. The maximum absolute atomic E-state index is 10.4. The minimum Gasteiger partial charge on any atom is -0.506 e. The van der Waals surface area contributed by atoms with Gasteiger partial charge in [0.2, 0.25) is 0 Å². The Morgan fingerprint density at radius 2 is 2.42 bits per heavy atom. The average molecular weight is 167 g/mol. The molecule has 12 heavy (non-hydrogen) atoms. The van der Waals surface area contributed by atoms with Gasteiger partial charge in [-0.05, 0) is 12.1 Å². The number of carbonyl (C=O) groups is 1. The summed E-state index contributed by atoms with van der Waals surface area (Å²) < 4.78 is 4.68. The molecule has 0 aromatic carbocycles. The fourth-order valence-electron chi connectivity index (χ4n) is 0.678. The lowest BCUT2D eigenvalue weighted by atomic mass is 10.3. The van der Waals surface area contributed by atoms with E-state index in [2.05, 4.69) is 9.72 Å². The van der Waals surface area contributed by atoms with Crippen molar-refractivity contribution in [2.45, 2.75) is 13.5 Å². The maximum Gasteiger partial charge on any atom is 0.303 e. The first-order valence-electron chi connectivity index (χ1n) is 3.46. The topological polar surface area (TPSA) is 59.4 Å². The van der Waals surface area contributed by atoms with Crippen LogP contribution in [0.15, 0.2) is 18.3 Å². The molecule has 1 N–H and O–H groups in total. The van der Waals surface area contributed by atoms with Crippen molar-refractivity contribution in [3.8, 4) is 5.75 Å². The van der Waals surface area contributed by atoms with E-state index in [0.717, 1.165) is 0 Å². The summed E-state index contributed by atoms with van der Waals surface area (Å²) in [4.78, 5) is 14.2. The number of esters is 1. The molecular weight excluding hydrogens is 158 g/mol. The molecule has 1 aromatic rings. The highest BCUT2D eigenvalue weighted by molar-refractivity contribution is 5.65. The standard InChI is InChI=1S/C8H9NO3/c1-6(10)12-5-7-2-3-8(11)4-9-7/h2-4,11H,5H2,1H3. The molecule has 64 valence electrons. The zero-order chi connectivity index (χ0) is 8.97. The molecular formula is C8H9NO3. The lowest BCUT2D eigenvalue weighted by Gasteiger charge is -2.00. The van der Waals surface area contributed by atoms with Crippen LogP contribution >= 0.6 is 0 Å². The van der Waals surface area contributed by atoms with E-state index < -0.39 is 0 Å². The summed E-state index contributed by atoms with van der Waals surface area (Å²) >= 11 is 0. The van der Waals surface area contributed by atoms with Crippen LogP contribution in [0, 0.1) is 0 Å². The molecule has 4 heteroatoms. The summed E-state index contributed by atoms with van der Waals surface area (Å²) in [6.07, 6.45) is 1.30. The molecule has 0 bridgehead atoms. The largest absolute Gasteiger partial charge is 0.506 e. The van der Waals surface area contributed by atoms with Crippen LogP contribution in [0.5, 0.6) is 5.75 Å². The summed E-state index contributed by atoms with van der Waals surface area (Å²) in [5, 5.41) is 8.86. The fourth-order valence-corrected chi connectivity index (χ4v) is 0.678. The number of carbonyl (C=O) groups excluding carboxylic acids is 1. The Morgan fingerprint density at radius 1 is 1.67 bits per heavy atom. The highest BCUT2D eigenvalue weighted by atomic mass is 16.5. The van der Waals surface area contributed by atoms with Crippen molar-refractivity contribution in [1.82, 2.24) is 4.98 Å². The molecule has 0 aliphatic carbocycles. The minimum atomic E-state index is -0.343. The molecule has 0 aliphatic rings. The second kappa shape index (κ2) is 3.71. The number of rotatable bonds is 2. The number of hydrogen-bond acceptors (Lipinski definition) is 4. The van der Waals surface area contributed by atoms with Crippen LogP contribution in [0.25, 0.3) is 0 Å². The van der Waals surface area contributed by atoms with Gasteiger partial charge >= 0.3 is 5.97 Å². The van der Waals surface area contributed by atoms with Gasteiger partial charge in [-0.2, -0.15) is 0 Å². The highest BCUT2D eigenvalue weighted by Gasteiger charge is 1.96. The fraction of sp³-hybridized carbons (Fsp3) is 0.250. The van der Waals surface area contributed by atoms with Gasteiger partial charge in [-0.25, -0.2) is 0 Å². The molecule has 4 nitrogen and oxygen atoms in total. The predicted octanol–water partition coefficient (Wildman–Crippen LogP) is 0.850. The van der Waals surface area contributed by atoms with Crippen molar-refractivity contribution < 1.29 is 14.6 Å². The quantitative estimate of drug-likeness (QED) is 0.663. The van der Waals surface area contributed by atoms with E-state index in [4.69, 9.17) is 5.11 Å². The van der Waals surface area contributed by atoms with E-state index >= 15 is 0 Å². The lowest BCUT2D eigenvalue weighted by Crippen LogP contribution is -1.99. The third-order valence-corrected chi connectivity index (χ3v) is 1.23. The van der Waals surface area contributed by atoms with E-state index in [9.17, 15) is 4.79 Å². The van der Waals surface area contributed by atoms with Gasteiger partial charge in [-0.3, -0.25) is 9.78 Å². The summed E-state index contributed by atoms with van der Waals surface area (Å²) in [7, 11) is 0. The molecule has 0 aliphatic heterocycles. The Labute approximate surface area is 69.8 Å². The second-order valence-corrected chi connectivity index (χ2v) is 2.29. The third-order valence-electron chi connectivity index (χ3n) is 1.23. The van der Waals surface area contributed by atoms with Gasteiger partial charge in [0.25, 0.3) is 0 Å². The molecule has 0 saturated carbocycles. The lowest BCUT2D eigenvalue weighted by molar-refractivity contribution is -0.142. The molecule has 0 spiro atoms. The van der Waals surface area contributed by atoms with Crippen molar-refractivity contribution >= 4 is 5.97 Å². The van der Waals surface area contributed by atoms with E-state index in [1.807, 2.05) is 0 Å². The first-order chi connectivity index (χ1) is 5.68. The number of nitrogens with zero attached hydrogens (tertiary/aromatic N) is 1. The molecule has 0 amide bonds. The molecule has 0 atom stereocenters.